The number of aryl methyl sites for hydroxylation is 2. The summed E-state index contributed by atoms with van der Waals surface area (Å²) in [5, 5.41) is 3.06. The van der Waals surface area contributed by atoms with E-state index in [0.717, 1.165) is 16.7 Å². The number of nitrogens with two attached hydrogens (primary N) is 1. The van der Waals surface area contributed by atoms with Crippen molar-refractivity contribution in [1.82, 2.24) is 5.32 Å². The van der Waals surface area contributed by atoms with E-state index >= 15 is 0 Å². The summed E-state index contributed by atoms with van der Waals surface area (Å²) >= 11 is 6.13. The minimum atomic E-state index is -0.823. The Morgan fingerprint density at radius 2 is 1.92 bits per heavy atom. The van der Waals surface area contributed by atoms with Crippen LogP contribution in [0, 0.1) is 13.8 Å². The average molecular weight is 361 g/mol. The van der Waals surface area contributed by atoms with Crippen LogP contribution in [0.5, 0.6) is 0 Å². The van der Waals surface area contributed by atoms with Crippen molar-refractivity contribution in [2.75, 3.05) is 12.8 Å². The monoisotopic (exact) mass is 360 g/mol. The maximum absolute atomic E-state index is 12.6. The highest BCUT2D eigenvalue weighted by molar-refractivity contribution is 6.34. The first-order chi connectivity index (χ1) is 11.8. The zero-order valence-electron chi connectivity index (χ0n) is 14.4. The number of nitrogens with one attached hydrogen (secondary N) is 1. The zero-order chi connectivity index (χ0) is 18.6. The molecule has 0 aliphatic carbocycles. The van der Waals surface area contributed by atoms with Crippen LogP contribution in [-0.2, 0) is 16.0 Å². The van der Waals surface area contributed by atoms with Gasteiger partial charge in [-0.3, -0.25) is 4.79 Å². The third kappa shape index (κ3) is 4.51. The number of nitrogen functional groups attached to an aromatic ring is 1. The number of hydrogen-bond donors (Lipinski definition) is 2. The van der Waals surface area contributed by atoms with Crippen molar-refractivity contribution in [3.8, 4) is 0 Å². The highest BCUT2D eigenvalue weighted by atomic mass is 35.5. The van der Waals surface area contributed by atoms with Crippen molar-refractivity contribution in [3.05, 3.63) is 63.7 Å². The van der Waals surface area contributed by atoms with Gasteiger partial charge in [0.05, 0.1) is 17.7 Å². The van der Waals surface area contributed by atoms with Crippen LogP contribution in [0.15, 0.2) is 36.4 Å². The molecule has 0 spiro atoms. The van der Waals surface area contributed by atoms with Crippen molar-refractivity contribution < 1.29 is 14.3 Å². The number of carbonyl (C=O) groups is 2. The Balaban J connectivity index is 2.24. The van der Waals surface area contributed by atoms with Crippen LogP contribution >= 0.6 is 11.6 Å². The van der Waals surface area contributed by atoms with Crippen LogP contribution in [0.1, 0.15) is 27.0 Å². The summed E-state index contributed by atoms with van der Waals surface area (Å²) in [5.74, 6) is -0.932. The molecule has 0 aromatic heterocycles. The van der Waals surface area contributed by atoms with Crippen LogP contribution < -0.4 is 11.1 Å². The van der Waals surface area contributed by atoms with Gasteiger partial charge < -0.3 is 15.8 Å². The molecule has 3 N–H and O–H groups in total. The number of hydrogen-bond acceptors (Lipinski definition) is 4. The standard InChI is InChI=1S/C19H21ClN2O3/c1-11-5-4-6-14(20)17(11)18(23)22-16(19(24)25-3)10-13-7-8-15(21)12(2)9-13/h4-9,16H,10,21H2,1-3H3,(H,22,23)/t16-/m0/s1. The molecular formula is C19H21ClN2O3. The fourth-order valence-corrected chi connectivity index (χ4v) is 2.89. The average Bonchev–Trinajstić information content (AvgIpc) is 2.56. The number of esters is 1. The smallest absolute Gasteiger partial charge is 0.328 e. The molecule has 0 saturated carbocycles. The predicted octanol–water partition coefficient (Wildman–Crippen LogP) is 3.05. The molecule has 25 heavy (non-hydrogen) atoms. The minimum absolute atomic E-state index is 0.295. The van der Waals surface area contributed by atoms with E-state index in [0.29, 0.717) is 22.7 Å². The SMILES string of the molecule is COC(=O)[C@H](Cc1ccc(N)c(C)c1)NC(=O)c1c(C)cccc1Cl. The molecule has 0 fully saturated rings. The van der Waals surface area contributed by atoms with Crippen LogP contribution in [0.25, 0.3) is 0 Å². The minimum Gasteiger partial charge on any atom is -0.467 e. The molecular weight excluding hydrogens is 340 g/mol. The Morgan fingerprint density at radius 1 is 1.20 bits per heavy atom. The molecule has 132 valence electrons. The third-order valence-corrected chi connectivity index (χ3v) is 4.33. The lowest BCUT2D eigenvalue weighted by Gasteiger charge is -2.18. The second-order valence-electron chi connectivity index (χ2n) is 5.88. The van der Waals surface area contributed by atoms with E-state index in [9.17, 15) is 9.59 Å². The number of benzene rings is 2. The van der Waals surface area contributed by atoms with Gasteiger partial charge in [0.25, 0.3) is 5.91 Å². The highest BCUT2D eigenvalue weighted by Gasteiger charge is 2.24. The second kappa shape index (κ2) is 8.03. The van der Waals surface area contributed by atoms with Gasteiger partial charge in [0, 0.05) is 12.1 Å². The van der Waals surface area contributed by atoms with Gasteiger partial charge in [0.15, 0.2) is 0 Å². The number of amides is 1. The molecule has 0 heterocycles. The van der Waals surface area contributed by atoms with Gasteiger partial charge in [0.2, 0.25) is 0 Å². The fourth-order valence-electron chi connectivity index (χ4n) is 2.59. The summed E-state index contributed by atoms with van der Waals surface area (Å²) in [7, 11) is 1.29. The molecule has 0 bridgehead atoms. The molecule has 0 radical (unpaired) electrons. The van der Waals surface area contributed by atoms with Crippen molar-refractivity contribution >= 4 is 29.2 Å². The Hall–Kier alpha value is -2.53. The number of methoxy groups -OCH3 is 1. The van der Waals surface area contributed by atoms with Gasteiger partial charge in [-0.25, -0.2) is 4.79 Å². The quantitative estimate of drug-likeness (QED) is 0.634. The molecule has 0 aliphatic heterocycles. The lowest BCUT2D eigenvalue weighted by atomic mass is 10.0. The number of carbonyl (C=O) groups excluding carboxylic acids is 2. The van der Waals surface area contributed by atoms with Gasteiger partial charge in [-0.2, -0.15) is 0 Å². The number of rotatable bonds is 5. The van der Waals surface area contributed by atoms with Crippen LogP contribution in [0.4, 0.5) is 5.69 Å². The topological polar surface area (TPSA) is 81.4 Å². The Bertz CT molecular complexity index is 785. The second-order valence-corrected chi connectivity index (χ2v) is 6.28. The number of ether oxygens (including phenoxy) is 1. The van der Waals surface area contributed by atoms with E-state index in [-0.39, 0.29) is 0 Å². The van der Waals surface area contributed by atoms with Gasteiger partial charge in [-0.1, -0.05) is 35.9 Å². The summed E-state index contributed by atoms with van der Waals surface area (Å²) in [4.78, 5) is 24.7. The van der Waals surface area contributed by atoms with E-state index in [1.807, 2.05) is 19.1 Å². The maximum atomic E-state index is 12.6. The summed E-state index contributed by atoms with van der Waals surface area (Å²) in [6.07, 6.45) is 0.295. The van der Waals surface area contributed by atoms with Crippen molar-refractivity contribution in [2.45, 2.75) is 26.3 Å². The molecule has 0 saturated heterocycles. The van der Waals surface area contributed by atoms with Crippen molar-refractivity contribution in [3.63, 3.8) is 0 Å². The Labute approximate surface area is 152 Å². The summed E-state index contributed by atoms with van der Waals surface area (Å²) < 4.78 is 4.82. The molecule has 2 aromatic rings. The summed E-state index contributed by atoms with van der Waals surface area (Å²) in [5.41, 5.74) is 9.37. The van der Waals surface area contributed by atoms with Gasteiger partial charge in [0.1, 0.15) is 6.04 Å². The zero-order valence-corrected chi connectivity index (χ0v) is 15.2. The number of anilines is 1. The fraction of sp³-hybridized carbons (Fsp3) is 0.263. The normalized spacial score (nSPS) is 11.7. The van der Waals surface area contributed by atoms with E-state index in [1.165, 1.54) is 7.11 Å². The number of halogens is 1. The first-order valence-electron chi connectivity index (χ1n) is 7.82. The summed E-state index contributed by atoms with van der Waals surface area (Å²) in [6, 6.07) is 9.86. The lowest BCUT2D eigenvalue weighted by molar-refractivity contribution is -0.142. The van der Waals surface area contributed by atoms with Gasteiger partial charge in [-0.15, -0.1) is 0 Å². The van der Waals surface area contributed by atoms with E-state index in [1.54, 1.807) is 31.2 Å². The van der Waals surface area contributed by atoms with E-state index in [4.69, 9.17) is 22.1 Å². The molecule has 1 atom stereocenters. The molecule has 6 heteroatoms. The van der Waals surface area contributed by atoms with E-state index in [2.05, 4.69) is 5.32 Å². The largest absolute Gasteiger partial charge is 0.467 e. The Kier molecular flexibility index (Phi) is 6.04. The maximum Gasteiger partial charge on any atom is 0.328 e. The first kappa shape index (κ1) is 18.8. The lowest BCUT2D eigenvalue weighted by Crippen LogP contribution is -2.43. The van der Waals surface area contributed by atoms with Crippen LogP contribution in [-0.4, -0.2) is 25.0 Å². The van der Waals surface area contributed by atoms with E-state index < -0.39 is 17.9 Å². The third-order valence-electron chi connectivity index (χ3n) is 4.01. The predicted molar refractivity (Wildman–Crippen MR) is 98.8 cm³/mol. The van der Waals surface area contributed by atoms with Crippen LogP contribution in [0.3, 0.4) is 0 Å². The van der Waals surface area contributed by atoms with Crippen LogP contribution in [0.2, 0.25) is 5.02 Å². The molecule has 0 aliphatic rings. The van der Waals surface area contributed by atoms with Gasteiger partial charge >= 0.3 is 5.97 Å². The summed E-state index contributed by atoms with van der Waals surface area (Å²) in [6.45, 7) is 3.68. The molecule has 2 rings (SSSR count). The molecule has 2 aromatic carbocycles. The molecule has 1 amide bonds. The van der Waals surface area contributed by atoms with Crippen molar-refractivity contribution in [1.29, 1.82) is 0 Å². The van der Waals surface area contributed by atoms with Crippen molar-refractivity contribution in [2.24, 2.45) is 0 Å². The highest BCUT2D eigenvalue weighted by Crippen LogP contribution is 2.20. The molecule has 0 unspecified atom stereocenters. The first-order valence-corrected chi connectivity index (χ1v) is 8.20. The Morgan fingerprint density at radius 3 is 2.52 bits per heavy atom. The molecule has 5 nitrogen and oxygen atoms in total. The van der Waals surface area contributed by atoms with Gasteiger partial charge in [-0.05, 0) is 42.7 Å².